The van der Waals surface area contributed by atoms with Gasteiger partial charge in [-0.2, -0.15) is 5.26 Å². The van der Waals surface area contributed by atoms with E-state index in [9.17, 15) is 4.79 Å². The Hall–Kier alpha value is -1.38. The van der Waals surface area contributed by atoms with Crippen LogP contribution < -0.4 is 5.32 Å². The maximum Gasteiger partial charge on any atom is 0.224 e. The average molecular weight is 337 g/mol. The van der Waals surface area contributed by atoms with Crippen LogP contribution in [0, 0.1) is 17.2 Å². The molecular formula is C15H17BrN2O2. The van der Waals surface area contributed by atoms with E-state index in [2.05, 4.69) is 27.3 Å². The zero-order chi connectivity index (χ0) is 14.5. The molecule has 2 rings (SSSR count). The van der Waals surface area contributed by atoms with Gasteiger partial charge in [0.15, 0.2) is 0 Å². The zero-order valence-electron chi connectivity index (χ0n) is 11.4. The lowest BCUT2D eigenvalue weighted by atomic mass is 9.80. The number of amides is 1. The summed E-state index contributed by atoms with van der Waals surface area (Å²) in [6.07, 6.45) is 2.71. The lowest BCUT2D eigenvalue weighted by Gasteiger charge is -2.34. The van der Waals surface area contributed by atoms with Gasteiger partial charge < -0.3 is 10.1 Å². The van der Waals surface area contributed by atoms with Gasteiger partial charge in [0, 0.05) is 17.5 Å². The smallest absolute Gasteiger partial charge is 0.224 e. The van der Waals surface area contributed by atoms with Crippen LogP contribution in [0.15, 0.2) is 22.7 Å². The number of benzene rings is 1. The van der Waals surface area contributed by atoms with Crippen molar-refractivity contribution < 1.29 is 9.53 Å². The van der Waals surface area contributed by atoms with E-state index in [4.69, 9.17) is 10.00 Å². The molecule has 0 heterocycles. The highest BCUT2D eigenvalue weighted by atomic mass is 79.9. The Morgan fingerprint density at radius 3 is 2.95 bits per heavy atom. The van der Waals surface area contributed by atoms with Crippen molar-refractivity contribution in [2.24, 2.45) is 5.92 Å². The number of carbonyl (C=O) groups is 1. The molecule has 0 aromatic heterocycles. The second-order valence-electron chi connectivity index (χ2n) is 4.97. The number of nitriles is 1. The molecule has 5 heteroatoms. The summed E-state index contributed by atoms with van der Waals surface area (Å²) in [4.78, 5) is 12.0. The number of hydrogen-bond acceptors (Lipinski definition) is 3. The topological polar surface area (TPSA) is 62.1 Å². The van der Waals surface area contributed by atoms with Crippen molar-refractivity contribution in [1.82, 2.24) is 0 Å². The molecule has 106 valence electrons. The van der Waals surface area contributed by atoms with Gasteiger partial charge in [-0.1, -0.05) is 15.9 Å². The summed E-state index contributed by atoms with van der Waals surface area (Å²) in [5.41, 5.74) is 1.04. The van der Waals surface area contributed by atoms with Gasteiger partial charge in [0.05, 0.1) is 17.4 Å². The molecule has 0 spiro atoms. The first-order valence-corrected chi connectivity index (χ1v) is 7.52. The highest BCUT2D eigenvalue weighted by Crippen LogP contribution is 2.33. The first-order chi connectivity index (χ1) is 9.62. The van der Waals surface area contributed by atoms with E-state index in [0.29, 0.717) is 29.7 Å². The fourth-order valence-corrected chi connectivity index (χ4v) is 2.76. The Morgan fingerprint density at radius 2 is 2.30 bits per heavy atom. The summed E-state index contributed by atoms with van der Waals surface area (Å²) >= 11 is 3.31. The Bertz CT molecular complexity index is 533. The minimum Gasteiger partial charge on any atom is -0.378 e. The second kappa shape index (κ2) is 6.87. The van der Waals surface area contributed by atoms with Crippen molar-refractivity contribution in [3.05, 3.63) is 28.2 Å². The van der Waals surface area contributed by atoms with Crippen LogP contribution in [0.3, 0.4) is 0 Å². The molecule has 0 radical (unpaired) electrons. The molecule has 0 bridgehead atoms. The molecule has 0 atom stereocenters. The van der Waals surface area contributed by atoms with Gasteiger partial charge in [0.25, 0.3) is 0 Å². The van der Waals surface area contributed by atoms with Crippen molar-refractivity contribution in [3.8, 4) is 6.07 Å². The molecule has 0 unspecified atom stereocenters. The summed E-state index contributed by atoms with van der Waals surface area (Å²) in [6, 6.07) is 7.33. The van der Waals surface area contributed by atoms with Gasteiger partial charge in [0.2, 0.25) is 5.91 Å². The largest absolute Gasteiger partial charge is 0.378 e. The predicted molar refractivity (Wildman–Crippen MR) is 80.2 cm³/mol. The number of hydrogen-bond donors (Lipinski definition) is 1. The highest BCUT2D eigenvalue weighted by molar-refractivity contribution is 9.10. The highest BCUT2D eigenvalue weighted by Gasteiger charge is 2.31. The van der Waals surface area contributed by atoms with Crippen LogP contribution in [0.4, 0.5) is 5.69 Å². The Balaban J connectivity index is 1.85. The van der Waals surface area contributed by atoms with Crippen molar-refractivity contribution in [2.75, 3.05) is 11.9 Å². The molecule has 1 fully saturated rings. The van der Waals surface area contributed by atoms with Crippen LogP contribution in [0.5, 0.6) is 0 Å². The van der Waals surface area contributed by atoms with Crippen molar-refractivity contribution in [1.29, 1.82) is 5.26 Å². The number of rotatable bonds is 5. The van der Waals surface area contributed by atoms with Crippen LogP contribution in [-0.4, -0.2) is 18.6 Å². The van der Waals surface area contributed by atoms with E-state index in [-0.39, 0.29) is 5.91 Å². The van der Waals surface area contributed by atoms with Crippen LogP contribution in [-0.2, 0) is 9.53 Å². The summed E-state index contributed by atoms with van der Waals surface area (Å²) in [5.74, 6) is 0.358. The van der Waals surface area contributed by atoms with Crippen molar-refractivity contribution in [2.45, 2.75) is 32.3 Å². The van der Waals surface area contributed by atoms with Crippen molar-refractivity contribution >= 4 is 27.5 Å². The minimum absolute atomic E-state index is 0.0382. The van der Waals surface area contributed by atoms with Gasteiger partial charge >= 0.3 is 0 Å². The number of halogens is 1. The van der Waals surface area contributed by atoms with Gasteiger partial charge in [-0.05, 0) is 43.9 Å². The van der Waals surface area contributed by atoms with Crippen molar-refractivity contribution in [3.63, 3.8) is 0 Å². The first kappa shape index (κ1) is 15.0. The maximum absolute atomic E-state index is 12.0. The zero-order valence-corrected chi connectivity index (χ0v) is 12.9. The Morgan fingerprint density at radius 1 is 1.55 bits per heavy atom. The van der Waals surface area contributed by atoms with Gasteiger partial charge in [-0.3, -0.25) is 4.79 Å². The third-order valence-corrected chi connectivity index (χ3v) is 3.94. The molecule has 20 heavy (non-hydrogen) atoms. The van der Waals surface area contributed by atoms with E-state index in [1.165, 1.54) is 0 Å². The number of nitrogens with one attached hydrogen (secondary N) is 1. The molecule has 1 aromatic carbocycles. The summed E-state index contributed by atoms with van der Waals surface area (Å²) in [6.45, 7) is 2.71. The molecule has 0 saturated heterocycles. The third kappa shape index (κ3) is 3.81. The summed E-state index contributed by atoms with van der Waals surface area (Å²) in [7, 11) is 0. The van der Waals surface area contributed by atoms with E-state index < -0.39 is 0 Å². The molecule has 1 amide bonds. The van der Waals surface area contributed by atoms with Gasteiger partial charge in [0.1, 0.15) is 6.07 Å². The normalized spacial score (nSPS) is 20.9. The fraction of sp³-hybridized carbons (Fsp3) is 0.467. The average Bonchev–Trinajstić information content (AvgIpc) is 2.38. The number of nitrogens with zero attached hydrogens (tertiary/aromatic N) is 1. The van der Waals surface area contributed by atoms with Crippen LogP contribution in [0.2, 0.25) is 0 Å². The van der Waals surface area contributed by atoms with Crippen LogP contribution >= 0.6 is 15.9 Å². The molecule has 1 aromatic rings. The van der Waals surface area contributed by atoms with E-state index in [1.807, 2.05) is 13.0 Å². The molecule has 1 saturated carbocycles. The SMILES string of the molecule is CCOC1CC(CC(=O)Nc2ccc(Br)cc2C#N)C1. The number of anilines is 1. The lowest BCUT2D eigenvalue weighted by Crippen LogP contribution is -2.33. The molecule has 1 aliphatic carbocycles. The summed E-state index contributed by atoms with van der Waals surface area (Å²) in [5, 5.41) is 11.9. The van der Waals surface area contributed by atoms with Crippen LogP contribution in [0.1, 0.15) is 31.7 Å². The lowest BCUT2D eigenvalue weighted by molar-refractivity contribution is -0.119. The van der Waals surface area contributed by atoms with E-state index in [0.717, 1.165) is 23.9 Å². The number of ether oxygens (including phenoxy) is 1. The number of carbonyl (C=O) groups excluding carboxylic acids is 1. The molecule has 1 N–H and O–H groups in total. The molecule has 1 aliphatic rings. The van der Waals surface area contributed by atoms with Crippen LogP contribution in [0.25, 0.3) is 0 Å². The maximum atomic E-state index is 12.0. The Kier molecular flexibility index (Phi) is 5.16. The third-order valence-electron chi connectivity index (χ3n) is 3.45. The van der Waals surface area contributed by atoms with E-state index in [1.54, 1.807) is 12.1 Å². The van der Waals surface area contributed by atoms with Gasteiger partial charge in [-0.15, -0.1) is 0 Å². The fourth-order valence-electron chi connectivity index (χ4n) is 2.39. The predicted octanol–water partition coefficient (Wildman–Crippen LogP) is 3.46. The monoisotopic (exact) mass is 336 g/mol. The molecule has 0 aliphatic heterocycles. The second-order valence-corrected chi connectivity index (χ2v) is 5.88. The molecular weight excluding hydrogens is 320 g/mol. The quantitative estimate of drug-likeness (QED) is 0.895. The van der Waals surface area contributed by atoms with Gasteiger partial charge in [-0.25, -0.2) is 0 Å². The van der Waals surface area contributed by atoms with E-state index >= 15 is 0 Å². The molecule has 4 nitrogen and oxygen atoms in total. The summed E-state index contributed by atoms with van der Waals surface area (Å²) < 4.78 is 6.30. The first-order valence-electron chi connectivity index (χ1n) is 6.73. The minimum atomic E-state index is -0.0382. The Labute approximate surface area is 127 Å². The standard InChI is InChI=1S/C15H17BrN2O2/c1-2-20-13-5-10(6-13)7-15(19)18-14-4-3-12(16)8-11(14)9-17/h3-4,8,10,13H,2,5-7H2,1H3,(H,18,19).